The summed E-state index contributed by atoms with van der Waals surface area (Å²) in [7, 11) is 1.89. The molecule has 0 aliphatic carbocycles. The van der Waals surface area contributed by atoms with Crippen LogP contribution in [0.4, 0.5) is 0 Å². The molecule has 2 nitrogen and oxygen atoms in total. The predicted molar refractivity (Wildman–Crippen MR) is 67.0 cm³/mol. The Hall–Kier alpha value is -1.09. The second kappa shape index (κ2) is 4.62. The molecule has 0 radical (unpaired) electrons. The number of nitrogens with zero attached hydrogens (tertiary/aromatic N) is 1. The highest BCUT2D eigenvalue weighted by Crippen LogP contribution is 2.26. The average Bonchev–Trinajstić information content (AvgIpc) is 2.78. The molecule has 1 fully saturated rings. The first-order chi connectivity index (χ1) is 7.31. The van der Waals surface area contributed by atoms with E-state index in [2.05, 4.69) is 40.5 Å². The van der Waals surface area contributed by atoms with E-state index in [-0.39, 0.29) is 0 Å². The van der Waals surface area contributed by atoms with E-state index in [1.54, 1.807) is 0 Å². The van der Waals surface area contributed by atoms with Crippen LogP contribution in [-0.4, -0.2) is 30.1 Å². The van der Waals surface area contributed by atoms with E-state index in [1.807, 2.05) is 7.05 Å². The summed E-state index contributed by atoms with van der Waals surface area (Å²) in [4.78, 5) is 2.24. The molecular formula is C12H16N2S. The van der Waals surface area contributed by atoms with Crippen LogP contribution in [0.3, 0.4) is 0 Å². The first-order valence-electron chi connectivity index (χ1n) is 5.33. The van der Waals surface area contributed by atoms with Crippen molar-refractivity contribution in [1.82, 2.24) is 10.2 Å². The van der Waals surface area contributed by atoms with Gasteiger partial charge in [-0.15, -0.1) is 0 Å². The van der Waals surface area contributed by atoms with Gasteiger partial charge in [-0.3, -0.25) is 0 Å². The standard InChI is InChI=1S/C12H16N2S/c1-13-12(15)14-8-7-11(9-14)10-5-3-2-4-6-10/h2-6,11H,7-9H2,1H3,(H,13,15)/t11-/m1/s1. The number of benzene rings is 1. The smallest absolute Gasteiger partial charge is 0.168 e. The Morgan fingerprint density at radius 3 is 2.80 bits per heavy atom. The molecule has 1 N–H and O–H groups in total. The topological polar surface area (TPSA) is 15.3 Å². The molecule has 1 aliphatic rings. The largest absolute Gasteiger partial charge is 0.366 e. The van der Waals surface area contributed by atoms with E-state index in [0.717, 1.165) is 18.2 Å². The van der Waals surface area contributed by atoms with Crippen molar-refractivity contribution in [2.45, 2.75) is 12.3 Å². The fourth-order valence-electron chi connectivity index (χ4n) is 2.10. The molecule has 1 aliphatic heterocycles. The van der Waals surface area contributed by atoms with Crippen molar-refractivity contribution in [3.63, 3.8) is 0 Å². The van der Waals surface area contributed by atoms with Crippen molar-refractivity contribution >= 4 is 17.3 Å². The summed E-state index contributed by atoms with van der Waals surface area (Å²) in [6.45, 7) is 2.11. The summed E-state index contributed by atoms with van der Waals surface area (Å²) in [5, 5.41) is 3.91. The number of nitrogens with one attached hydrogen (secondary N) is 1. The molecule has 0 saturated carbocycles. The highest BCUT2D eigenvalue weighted by molar-refractivity contribution is 7.80. The van der Waals surface area contributed by atoms with Gasteiger partial charge in [-0.05, 0) is 24.2 Å². The highest BCUT2D eigenvalue weighted by Gasteiger charge is 2.24. The zero-order valence-electron chi connectivity index (χ0n) is 8.94. The summed E-state index contributed by atoms with van der Waals surface area (Å²) in [5.41, 5.74) is 1.43. The van der Waals surface area contributed by atoms with Gasteiger partial charge in [0.05, 0.1) is 0 Å². The lowest BCUT2D eigenvalue weighted by Gasteiger charge is -2.18. The first kappa shape index (κ1) is 10.4. The van der Waals surface area contributed by atoms with Crippen molar-refractivity contribution in [3.8, 4) is 0 Å². The van der Waals surface area contributed by atoms with Crippen LogP contribution in [0.15, 0.2) is 30.3 Å². The second-order valence-corrected chi connectivity index (χ2v) is 4.28. The summed E-state index contributed by atoms with van der Waals surface area (Å²) < 4.78 is 0. The predicted octanol–water partition coefficient (Wildman–Crippen LogP) is 1.98. The van der Waals surface area contributed by atoms with Gasteiger partial charge in [0.15, 0.2) is 5.11 Å². The zero-order chi connectivity index (χ0) is 10.7. The van der Waals surface area contributed by atoms with E-state index in [4.69, 9.17) is 12.2 Å². The van der Waals surface area contributed by atoms with E-state index in [0.29, 0.717) is 5.92 Å². The average molecular weight is 220 g/mol. The van der Waals surface area contributed by atoms with Crippen molar-refractivity contribution < 1.29 is 0 Å². The maximum Gasteiger partial charge on any atom is 0.168 e. The van der Waals surface area contributed by atoms with Gasteiger partial charge in [0.1, 0.15) is 0 Å². The minimum atomic E-state index is 0.637. The summed E-state index contributed by atoms with van der Waals surface area (Å²) in [5.74, 6) is 0.637. The monoisotopic (exact) mass is 220 g/mol. The normalized spacial score (nSPS) is 20.3. The summed E-state index contributed by atoms with van der Waals surface area (Å²) in [6, 6.07) is 10.7. The number of thiocarbonyl (C=S) groups is 1. The van der Waals surface area contributed by atoms with Crippen molar-refractivity contribution in [3.05, 3.63) is 35.9 Å². The Labute approximate surface area is 96.3 Å². The second-order valence-electron chi connectivity index (χ2n) is 3.90. The van der Waals surface area contributed by atoms with Crippen LogP contribution in [0.5, 0.6) is 0 Å². The summed E-state index contributed by atoms with van der Waals surface area (Å²) in [6.07, 6.45) is 1.20. The van der Waals surface area contributed by atoms with Crippen LogP contribution in [-0.2, 0) is 0 Å². The molecule has 0 spiro atoms. The number of likely N-dealkylation sites (tertiary alicyclic amines) is 1. The SMILES string of the molecule is CNC(=S)N1CC[C@@H](c2ccccc2)C1. The molecule has 1 atom stereocenters. The first-order valence-corrected chi connectivity index (χ1v) is 5.73. The molecule has 2 rings (SSSR count). The summed E-state index contributed by atoms with van der Waals surface area (Å²) >= 11 is 5.23. The van der Waals surface area contributed by atoms with Crippen LogP contribution in [0.1, 0.15) is 17.9 Å². The Bertz CT molecular complexity index is 337. The minimum absolute atomic E-state index is 0.637. The Kier molecular flexibility index (Phi) is 3.21. The van der Waals surface area contributed by atoms with Crippen molar-refractivity contribution in [2.75, 3.05) is 20.1 Å². The lowest BCUT2D eigenvalue weighted by Crippen LogP contribution is -2.35. The van der Waals surface area contributed by atoms with Crippen molar-refractivity contribution in [1.29, 1.82) is 0 Å². The third-order valence-electron chi connectivity index (χ3n) is 2.96. The third kappa shape index (κ3) is 2.29. The van der Waals surface area contributed by atoms with Crippen LogP contribution >= 0.6 is 12.2 Å². The fourth-order valence-corrected chi connectivity index (χ4v) is 2.27. The van der Waals surface area contributed by atoms with Gasteiger partial charge >= 0.3 is 0 Å². The molecule has 0 bridgehead atoms. The van der Waals surface area contributed by atoms with Gasteiger partial charge in [0.2, 0.25) is 0 Å². The lowest BCUT2D eigenvalue weighted by molar-refractivity contribution is 0.504. The molecule has 3 heteroatoms. The fraction of sp³-hybridized carbons (Fsp3) is 0.417. The molecule has 1 saturated heterocycles. The molecule has 0 aromatic heterocycles. The van der Waals surface area contributed by atoms with Gasteiger partial charge < -0.3 is 10.2 Å². The Balaban J connectivity index is 2.02. The molecule has 0 amide bonds. The molecule has 80 valence electrons. The highest BCUT2D eigenvalue weighted by atomic mass is 32.1. The molecule has 1 aromatic rings. The van der Waals surface area contributed by atoms with E-state index in [1.165, 1.54) is 12.0 Å². The number of hydrogen-bond acceptors (Lipinski definition) is 1. The van der Waals surface area contributed by atoms with E-state index >= 15 is 0 Å². The van der Waals surface area contributed by atoms with Crippen LogP contribution in [0.25, 0.3) is 0 Å². The van der Waals surface area contributed by atoms with Crippen molar-refractivity contribution in [2.24, 2.45) is 0 Å². The number of rotatable bonds is 1. The molecule has 15 heavy (non-hydrogen) atoms. The van der Waals surface area contributed by atoms with Crippen LogP contribution in [0.2, 0.25) is 0 Å². The Morgan fingerprint density at radius 1 is 1.40 bits per heavy atom. The van der Waals surface area contributed by atoms with Gasteiger partial charge in [0.25, 0.3) is 0 Å². The zero-order valence-corrected chi connectivity index (χ0v) is 9.76. The minimum Gasteiger partial charge on any atom is -0.366 e. The van der Waals surface area contributed by atoms with E-state index in [9.17, 15) is 0 Å². The molecule has 1 aromatic carbocycles. The quantitative estimate of drug-likeness (QED) is 0.729. The van der Waals surface area contributed by atoms with E-state index < -0.39 is 0 Å². The molecule has 1 heterocycles. The van der Waals surface area contributed by atoms with Crippen LogP contribution in [0, 0.1) is 0 Å². The molecule has 0 unspecified atom stereocenters. The molecular weight excluding hydrogens is 204 g/mol. The van der Waals surface area contributed by atoms with Gasteiger partial charge in [-0.25, -0.2) is 0 Å². The maximum absolute atomic E-state index is 5.23. The van der Waals surface area contributed by atoms with Crippen LogP contribution < -0.4 is 5.32 Å². The van der Waals surface area contributed by atoms with Gasteiger partial charge in [0, 0.05) is 26.1 Å². The lowest BCUT2D eigenvalue weighted by atomic mass is 9.99. The third-order valence-corrected chi connectivity index (χ3v) is 3.42. The van der Waals surface area contributed by atoms with Gasteiger partial charge in [-0.1, -0.05) is 30.3 Å². The maximum atomic E-state index is 5.23. The number of hydrogen-bond donors (Lipinski definition) is 1. The Morgan fingerprint density at radius 2 is 2.13 bits per heavy atom. The van der Waals surface area contributed by atoms with Gasteiger partial charge in [-0.2, -0.15) is 0 Å².